The van der Waals surface area contributed by atoms with E-state index in [1.807, 2.05) is 13.0 Å². The summed E-state index contributed by atoms with van der Waals surface area (Å²) in [5.41, 5.74) is -0.123. The summed E-state index contributed by atoms with van der Waals surface area (Å²) >= 11 is 0. The van der Waals surface area contributed by atoms with Crippen LogP contribution in [0.3, 0.4) is 0 Å². The van der Waals surface area contributed by atoms with Crippen molar-refractivity contribution in [1.29, 1.82) is 0 Å². The van der Waals surface area contributed by atoms with E-state index in [-0.39, 0.29) is 46.4 Å². The lowest BCUT2D eigenvalue weighted by molar-refractivity contribution is -0.176. The number of allylic oxidation sites excluding steroid dienone is 4. The molecule has 2 fully saturated rings. The first-order valence-electron chi connectivity index (χ1n) is 13.0. The summed E-state index contributed by atoms with van der Waals surface area (Å²) in [7, 11) is -2.13. The molecule has 190 valence electrons. The third-order valence-corrected chi connectivity index (χ3v) is 15.3. The zero-order valence-electron chi connectivity index (χ0n) is 22.3. The fraction of sp³-hybridized carbons (Fsp3) is 0.786. The van der Waals surface area contributed by atoms with E-state index in [1.54, 1.807) is 6.08 Å². The van der Waals surface area contributed by atoms with Crippen LogP contribution in [0.25, 0.3) is 0 Å². The molecule has 7 atom stereocenters. The average molecular weight is 489 g/mol. The molecule has 2 N–H and O–H groups in total. The molecule has 0 saturated heterocycles. The topological polar surface area (TPSA) is 83.8 Å². The molecule has 4 rings (SSSR count). The zero-order chi connectivity index (χ0) is 25.5. The molecule has 6 heteroatoms. The number of carbonyl (C=O) groups excluding carboxylic acids is 2. The molecular weight excluding hydrogens is 444 g/mol. The smallest absolute Gasteiger partial charge is 0.192 e. The van der Waals surface area contributed by atoms with Crippen molar-refractivity contribution in [2.24, 2.45) is 28.6 Å². The number of ketones is 2. The highest BCUT2D eigenvalue weighted by Gasteiger charge is 2.68. The molecule has 2 saturated carbocycles. The van der Waals surface area contributed by atoms with Gasteiger partial charge >= 0.3 is 0 Å². The van der Waals surface area contributed by atoms with Crippen molar-refractivity contribution in [2.75, 3.05) is 6.61 Å². The van der Waals surface area contributed by atoms with Gasteiger partial charge in [0.15, 0.2) is 19.9 Å². The monoisotopic (exact) mass is 488 g/mol. The summed E-state index contributed by atoms with van der Waals surface area (Å²) in [5.74, 6) is 0.203. The molecule has 0 aromatic carbocycles. The Morgan fingerprint density at radius 3 is 2.53 bits per heavy atom. The molecule has 0 bridgehead atoms. The second-order valence-electron chi connectivity index (χ2n) is 13.6. The third kappa shape index (κ3) is 3.58. The van der Waals surface area contributed by atoms with E-state index in [4.69, 9.17) is 4.43 Å². The van der Waals surface area contributed by atoms with Crippen LogP contribution < -0.4 is 0 Å². The van der Waals surface area contributed by atoms with Gasteiger partial charge in [0.05, 0.1) is 12.7 Å². The number of aliphatic hydroxyl groups is 2. The number of rotatable bonds is 4. The lowest BCUT2D eigenvalue weighted by Crippen LogP contribution is -2.62. The molecule has 0 heterocycles. The molecule has 4 aliphatic carbocycles. The number of Topliss-reactive ketones (excluding diaryl/α,β-unsaturated/α-hetero) is 1. The summed E-state index contributed by atoms with van der Waals surface area (Å²) < 4.78 is 6.22. The summed E-state index contributed by atoms with van der Waals surface area (Å²) in [6, 6.07) is 0. The quantitative estimate of drug-likeness (QED) is 0.431. The van der Waals surface area contributed by atoms with Gasteiger partial charge in [-0.25, -0.2) is 0 Å². The van der Waals surface area contributed by atoms with Gasteiger partial charge < -0.3 is 14.6 Å². The lowest BCUT2D eigenvalue weighted by atomic mass is 9.46. The number of hydrogen-bond acceptors (Lipinski definition) is 5. The average Bonchev–Trinajstić information content (AvgIpc) is 2.98. The van der Waals surface area contributed by atoms with E-state index >= 15 is 0 Å². The van der Waals surface area contributed by atoms with Gasteiger partial charge in [-0.05, 0) is 68.7 Å². The van der Waals surface area contributed by atoms with Gasteiger partial charge in [0.1, 0.15) is 5.60 Å². The number of fused-ring (bicyclic) bond motifs is 5. The van der Waals surface area contributed by atoms with Crippen molar-refractivity contribution < 1.29 is 24.2 Å². The van der Waals surface area contributed by atoms with Crippen LogP contribution in [-0.2, 0) is 14.0 Å². The highest BCUT2D eigenvalue weighted by molar-refractivity contribution is 6.74. The molecule has 5 nitrogen and oxygen atoms in total. The third-order valence-electron chi connectivity index (χ3n) is 10.8. The number of aliphatic hydroxyl groups excluding tert-OH is 1. The van der Waals surface area contributed by atoms with Crippen molar-refractivity contribution in [3.05, 3.63) is 23.3 Å². The van der Waals surface area contributed by atoms with Gasteiger partial charge in [0.25, 0.3) is 0 Å². The van der Waals surface area contributed by atoms with E-state index < -0.39 is 25.4 Å². The van der Waals surface area contributed by atoms with Gasteiger partial charge in [0, 0.05) is 23.2 Å². The fourth-order valence-corrected chi connectivity index (χ4v) is 8.65. The first-order chi connectivity index (χ1) is 15.5. The van der Waals surface area contributed by atoms with Crippen molar-refractivity contribution in [2.45, 2.75) is 103 Å². The van der Waals surface area contributed by atoms with Gasteiger partial charge in [0.2, 0.25) is 0 Å². The van der Waals surface area contributed by atoms with Crippen molar-refractivity contribution in [3.8, 4) is 0 Å². The van der Waals surface area contributed by atoms with Crippen molar-refractivity contribution in [1.82, 2.24) is 0 Å². The molecule has 0 amide bonds. The predicted octanol–water partition coefficient (Wildman–Crippen LogP) is 4.98. The van der Waals surface area contributed by atoms with E-state index in [0.29, 0.717) is 19.3 Å². The largest absolute Gasteiger partial charge is 0.409 e. The molecule has 4 aliphatic rings. The van der Waals surface area contributed by atoms with Crippen LogP contribution >= 0.6 is 0 Å². The van der Waals surface area contributed by atoms with Gasteiger partial charge in [-0.1, -0.05) is 51.8 Å². The van der Waals surface area contributed by atoms with E-state index in [2.05, 4.69) is 47.7 Å². The Bertz CT molecular complexity index is 958. The Morgan fingerprint density at radius 1 is 1.26 bits per heavy atom. The first kappa shape index (κ1) is 26.0. The zero-order valence-corrected chi connectivity index (χ0v) is 23.3. The van der Waals surface area contributed by atoms with Crippen LogP contribution in [0.1, 0.15) is 73.6 Å². The van der Waals surface area contributed by atoms with Crippen LogP contribution in [0.15, 0.2) is 23.3 Å². The van der Waals surface area contributed by atoms with Crippen molar-refractivity contribution >= 4 is 19.9 Å². The van der Waals surface area contributed by atoms with Gasteiger partial charge in [-0.2, -0.15) is 0 Å². The minimum absolute atomic E-state index is 0.00504. The standard InChI is InChI=1S/C28H44O5Si/c1-17-13-19-20-10-12-28(32,23(31)16-33-34(7,8)25(2,3)4)27(20,6)15-22(30)24(19)26(5)11-9-18(29)14-21(17)26/h9,11,19-20,22,24,30,32H,10,12-16H2,1-8H3/t19-,20-,22-,24+,26-,27-,28-/m0/s1. The molecule has 0 aromatic heterocycles. The second kappa shape index (κ2) is 7.96. The molecule has 0 unspecified atom stereocenters. The Hall–Kier alpha value is -1.08. The Labute approximate surface area is 206 Å². The number of carbonyl (C=O) groups is 2. The molecule has 0 aromatic rings. The summed E-state index contributed by atoms with van der Waals surface area (Å²) in [5, 5.41) is 23.5. The maximum absolute atomic E-state index is 13.6. The highest BCUT2D eigenvalue weighted by atomic mass is 28.4. The Balaban J connectivity index is 1.64. The molecule has 0 aliphatic heterocycles. The Kier molecular flexibility index (Phi) is 6.08. The maximum Gasteiger partial charge on any atom is 0.192 e. The van der Waals surface area contributed by atoms with Gasteiger partial charge in [-0.3, -0.25) is 9.59 Å². The minimum Gasteiger partial charge on any atom is -0.409 e. The van der Waals surface area contributed by atoms with Crippen LogP contribution in [-0.4, -0.2) is 48.4 Å². The van der Waals surface area contributed by atoms with Gasteiger partial charge in [-0.15, -0.1) is 0 Å². The molecule has 0 spiro atoms. The summed E-state index contributed by atoms with van der Waals surface area (Å²) in [6.45, 7) is 16.9. The van der Waals surface area contributed by atoms with E-state index in [1.165, 1.54) is 5.57 Å². The van der Waals surface area contributed by atoms with Crippen LogP contribution in [0, 0.1) is 28.6 Å². The van der Waals surface area contributed by atoms with Crippen LogP contribution in [0.5, 0.6) is 0 Å². The summed E-state index contributed by atoms with van der Waals surface area (Å²) in [6.07, 6.45) is 5.90. The predicted molar refractivity (Wildman–Crippen MR) is 136 cm³/mol. The summed E-state index contributed by atoms with van der Waals surface area (Å²) in [4.78, 5) is 25.7. The highest BCUT2D eigenvalue weighted by Crippen LogP contribution is 2.67. The van der Waals surface area contributed by atoms with E-state index in [0.717, 1.165) is 18.4 Å². The number of hydrogen-bond donors (Lipinski definition) is 2. The van der Waals surface area contributed by atoms with Crippen molar-refractivity contribution in [3.63, 3.8) is 0 Å². The maximum atomic E-state index is 13.6. The SMILES string of the molecule is CC1=C2CC(=O)C=C[C@]2(C)[C@@H]2[C@@H](C1)[C@@H]1CC[C@](O)(C(=O)CO[Si](C)(C)C(C)(C)C)[C@@]1(C)C[C@@H]2O. The molecule has 0 radical (unpaired) electrons. The minimum atomic E-state index is -2.13. The van der Waals surface area contributed by atoms with E-state index in [9.17, 15) is 19.8 Å². The first-order valence-corrected chi connectivity index (χ1v) is 15.9. The van der Waals surface area contributed by atoms with Crippen LogP contribution in [0.2, 0.25) is 18.1 Å². The fourth-order valence-electron chi connectivity index (χ4n) is 7.72. The van der Waals surface area contributed by atoms with Crippen LogP contribution in [0.4, 0.5) is 0 Å². The normalized spacial score (nSPS) is 42.4. The second-order valence-corrected chi connectivity index (χ2v) is 18.4. The molecular formula is C28H44O5Si. The Morgan fingerprint density at radius 2 is 1.91 bits per heavy atom. The molecule has 34 heavy (non-hydrogen) atoms. The lowest BCUT2D eigenvalue weighted by Gasteiger charge is -2.59.